The van der Waals surface area contributed by atoms with Crippen molar-refractivity contribution in [3.05, 3.63) is 24.3 Å². The van der Waals surface area contributed by atoms with Gasteiger partial charge in [0.2, 0.25) is 5.91 Å². The van der Waals surface area contributed by atoms with Crippen LogP contribution < -0.4 is 16.0 Å². The van der Waals surface area contributed by atoms with Crippen LogP contribution in [-0.2, 0) is 4.79 Å². The van der Waals surface area contributed by atoms with Crippen LogP contribution in [0.25, 0.3) is 0 Å². The van der Waals surface area contributed by atoms with E-state index in [0.29, 0.717) is 13.0 Å². The zero-order valence-electron chi connectivity index (χ0n) is 11.4. The summed E-state index contributed by atoms with van der Waals surface area (Å²) in [5, 5.41) is 2.89. The summed E-state index contributed by atoms with van der Waals surface area (Å²) in [6.07, 6.45) is 5.52. The molecule has 0 aliphatic carbocycles. The molecule has 0 radical (unpaired) electrons. The van der Waals surface area contributed by atoms with Crippen LogP contribution >= 0.6 is 0 Å². The Bertz CT molecular complexity index is 412. The Hall–Kier alpha value is -1.55. The molecular weight excluding hydrogens is 238 g/mol. The first-order chi connectivity index (χ1) is 9.29. The van der Waals surface area contributed by atoms with Gasteiger partial charge in [-0.1, -0.05) is 18.9 Å². The third-order valence-corrected chi connectivity index (χ3v) is 3.47. The summed E-state index contributed by atoms with van der Waals surface area (Å²) in [5.74, 6) is -0.0180. The number of benzene rings is 1. The molecule has 104 valence electrons. The molecule has 1 aliphatic rings. The van der Waals surface area contributed by atoms with Gasteiger partial charge in [-0.05, 0) is 31.0 Å². The van der Waals surface area contributed by atoms with E-state index in [1.54, 1.807) is 0 Å². The molecule has 2 rings (SSSR count). The van der Waals surface area contributed by atoms with Crippen LogP contribution in [0.4, 0.5) is 11.4 Å². The summed E-state index contributed by atoms with van der Waals surface area (Å²) < 4.78 is 0. The highest BCUT2D eigenvalue weighted by Crippen LogP contribution is 2.22. The van der Waals surface area contributed by atoms with Crippen molar-refractivity contribution in [3.8, 4) is 0 Å². The van der Waals surface area contributed by atoms with E-state index in [-0.39, 0.29) is 5.91 Å². The second-order valence-electron chi connectivity index (χ2n) is 5.04. The lowest BCUT2D eigenvalue weighted by Crippen LogP contribution is -2.24. The maximum Gasteiger partial charge on any atom is 0.225 e. The van der Waals surface area contributed by atoms with Gasteiger partial charge in [0.25, 0.3) is 0 Å². The highest BCUT2D eigenvalue weighted by molar-refractivity contribution is 5.91. The lowest BCUT2D eigenvalue weighted by molar-refractivity contribution is -0.116. The molecule has 19 heavy (non-hydrogen) atoms. The lowest BCUT2D eigenvalue weighted by atomic mass is 10.2. The fourth-order valence-electron chi connectivity index (χ4n) is 2.46. The molecule has 4 heteroatoms. The molecule has 0 bridgehead atoms. The van der Waals surface area contributed by atoms with E-state index in [0.717, 1.165) is 18.8 Å². The molecule has 0 spiro atoms. The molecule has 1 aliphatic heterocycles. The number of carbonyl (C=O) groups is 1. The summed E-state index contributed by atoms with van der Waals surface area (Å²) in [4.78, 5) is 14.0. The minimum absolute atomic E-state index is 0.0180. The first-order valence-electron chi connectivity index (χ1n) is 7.14. The Morgan fingerprint density at radius 1 is 1.21 bits per heavy atom. The van der Waals surface area contributed by atoms with E-state index in [1.807, 2.05) is 12.1 Å². The van der Waals surface area contributed by atoms with Gasteiger partial charge in [0.1, 0.15) is 0 Å². The number of nitrogens with one attached hydrogen (secondary N) is 1. The average molecular weight is 261 g/mol. The zero-order chi connectivity index (χ0) is 13.5. The molecule has 1 amide bonds. The van der Waals surface area contributed by atoms with Crippen molar-refractivity contribution < 1.29 is 4.79 Å². The second kappa shape index (κ2) is 7.14. The van der Waals surface area contributed by atoms with Crippen LogP contribution in [0.5, 0.6) is 0 Å². The number of nitrogens with zero attached hydrogens (tertiary/aromatic N) is 1. The summed E-state index contributed by atoms with van der Waals surface area (Å²) in [7, 11) is 0. The largest absolute Gasteiger partial charge is 0.371 e. The molecule has 0 saturated carbocycles. The summed E-state index contributed by atoms with van der Waals surface area (Å²) in [6, 6.07) is 8.09. The minimum atomic E-state index is -0.0180. The van der Waals surface area contributed by atoms with Gasteiger partial charge in [-0.2, -0.15) is 0 Å². The first-order valence-corrected chi connectivity index (χ1v) is 7.14. The lowest BCUT2D eigenvalue weighted by Gasteiger charge is -2.23. The quantitative estimate of drug-likeness (QED) is 0.874. The van der Waals surface area contributed by atoms with Crippen LogP contribution in [0.15, 0.2) is 24.3 Å². The number of carbonyl (C=O) groups excluding carboxylic acids is 1. The van der Waals surface area contributed by atoms with Gasteiger partial charge in [0.05, 0.1) is 0 Å². The SMILES string of the molecule is NCCC(=O)Nc1cccc(N2CCCCCC2)c1. The standard InChI is InChI=1S/C15H23N3O/c16-9-8-15(19)17-13-6-5-7-14(12-13)18-10-3-1-2-4-11-18/h5-7,12H,1-4,8-11,16H2,(H,17,19). The van der Waals surface area contributed by atoms with Crippen molar-refractivity contribution in [2.45, 2.75) is 32.1 Å². The van der Waals surface area contributed by atoms with Crippen molar-refractivity contribution in [1.29, 1.82) is 0 Å². The normalized spacial score (nSPS) is 15.9. The minimum Gasteiger partial charge on any atom is -0.371 e. The molecule has 1 aromatic carbocycles. The predicted octanol–water partition coefficient (Wildman–Crippen LogP) is 2.35. The number of amides is 1. The Labute approximate surface area is 115 Å². The highest BCUT2D eigenvalue weighted by Gasteiger charge is 2.10. The van der Waals surface area contributed by atoms with Gasteiger partial charge in [-0.3, -0.25) is 4.79 Å². The van der Waals surface area contributed by atoms with Crippen LogP contribution in [0.3, 0.4) is 0 Å². The van der Waals surface area contributed by atoms with Gasteiger partial charge in [0.15, 0.2) is 0 Å². The van der Waals surface area contributed by atoms with Gasteiger partial charge >= 0.3 is 0 Å². The van der Waals surface area contributed by atoms with Gasteiger partial charge in [-0.15, -0.1) is 0 Å². The van der Waals surface area contributed by atoms with Crippen LogP contribution in [0.1, 0.15) is 32.1 Å². The third-order valence-electron chi connectivity index (χ3n) is 3.47. The highest BCUT2D eigenvalue weighted by atomic mass is 16.1. The molecule has 0 aromatic heterocycles. The molecule has 1 heterocycles. The Balaban J connectivity index is 2.03. The fraction of sp³-hybridized carbons (Fsp3) is 0.533. The third kappa shape index (κ3) is 4.24. The number of anilines is 2. The number of hydrogen-bond donors (Lipinski definition) is 2. The predicted molar refractivity (Wildman–Crippen MR) is 79.4 cm³/mol. The number of nitrogens with two attached hydrogens (primary N) is 1. The van der Waals surface area contributed by atoms with Crippen LogP contribution in [-0.4, -0.2) is 25.5 Å². The molecule has 1 aromatic rings. The zero-order valence-corrected chi connectivity index (χ0v) is 11.4. The van der Waals surface area contributed by atoms with E-state index in [2.05, 4.69) is 22.3 Å². The Kier molecular flexibility index (Phi) is 5.21. The number of hydrogen-bond acceptors (Lipinski definition) is 3. The molecule has 1 saturated heterocycles. The smallest absolute Gasteiger partial charge is 0.225 e. The van der Waals surface area contributed by atoms with E-state index in [9.17, 15) is 4.79 Å². The van der Waals surface area contributed by atoms with Gasteiger partial charge in [0, 0.05) is 37.4 Å². The maximum atomic E-state index is 11.6. The Morgan fingerprint density at radius 2 is 1.95 bits per heavy atom. The maximum absolute atomic E-state index is 11.6. The monoisotopic (exact) mass is 261 g/mol. The molecule has 3 N–H and O–H groups in total. The summed E-state index contributed by atoms with van der Waals surface area (Å²) in [6.45, 7) is 2.61. The van der Waals surface area contributed by atoms with Crippen LogP contribution in [0, 0.1) is 0 Å². The number of rotatable bonds is 4. The molecule has 1 fully saturated rings. The van der Waals surface area contributed by atoms with E-state index < -0.39 is 0 Å². The molecule has 0 atom stereocenters. The van der Waals surface area contributed by atoms with Crippen molar-refractivity contribution in [1.82, 2.24) is 0 Å². The van der Waals surface area contributed by atoms with Gasteiger partial charge in [-0.25, -0.2) is 0 Å². The summed E-state index contributed by atoms with van der Waals surface area (Å²) in [5.41, 5.74) is 7.44. The molecule has 4 nitrogen and oxygen atoms in total. The van der Waals surface area contributed by atoms with E-state index >= 15 is 0 Å². The van der Waals surface area contributed by atoms with Crippen molar-refractivity contribution in [3.63, 3.8) is 0 Å². The van der Waals surface area contributed by atoms with E-state index in [4.69, 9.17) is 5.73 Å². The van der Waals surface area contributed by atoms with Gasteiger partial charge < -0.3 is 16.0 Å². The van der Waals surface area contributed by atoms with Crippen LogP contribution in [0.2, 0.25) is 0 Å². The second-order valence-corrected chi connectivity index (χ2v) is 5.04. The van der Waals surface area contributed by atoms with Crippen molar-refractivity contribution >= 4 is 17.3 Å². The molecule has 0 unspecified atom stereocenters. The van der Waals surface area contributed by atoms with E-state index in [1.165, 1.54) is 31.4 Å². The van der Waals surface area contributed by atoms with Crippen molar-refractivity contribution in [2.75, 3.05) is 29.9 Å². The fourth-order valence-corrected chi connectivity index (χ4v) is 2.46. The molecular formula is C15H23N3O. The Morgan fingerprint density at radius 3 is 2.63 bits per heavy atom. The first kappa shape index (κ1) is 13.9. The van der Waals surface area contributed by atoms with Crippen molar-refractivity contribution in [2.24, 2.45) is 5.73 Å². The average Bonchev–Trinajstić information content (AvgIpc) is 2.68. The summed E-state index contributed by atoms with van der Waals surface area (Å²) >= 11 is 0. The topological polar surface area (TPSA) is 58.4 Å².